The van der Waals surface area contributed by atoms with Crippen molar-refractivity contribution < 1.29 is 14.0 Å². The maximum absolute atomic E-state index is 13.4. The molecular formula is C26H23N3O3. The predicted molar refractivity (Wildman–Crippen MR) is 122 cm³/mol. The Morgan fingerprint density at radius 1 is 1.06 bits per heavy atom. The number of furan rings is 1. The molecule has 32 heavy (non-hydrogen) atoms. The Labute approximate surface area is 185 Å². The quantitative estimate of drug-likeness (QED) is 0.488. The topological polar surface area (TPSA) is 75.4 Å². The van der Waals surface area contributed by atoms with E-state index >= 15 is 0 Å². The zero-order chi connectivity index (χ0) is 22.1. The minimum Gasteiger partial charge on any atom is -0.463 e. The second-order valence-corrected chi connectivity index (χ2v) is 8.16. The molecule has 0 bridgehead atoms. The zero-order valence-corrected chi connectivity index (χ0v) is 17.7. The van der Waals surface area contributed by atoms with Crippen LogP contribution >= 0.6 is 0 Å². The van der Waals surface area contributed by atoms with Crippen molar-refractivity contribution in [1.82, 2.24) is 15.2 Å². The lowest BCUT2D eigenvalue weighted by Gasteiger charge is -2.19. The Balaban J connectivity index is 1.38. The fraction of sp³-hybridized carbons (Fsp3) is 0.192. The largest absolute Gasteiger partial charge is 0.463 e. The van der Waals surface area contributed by atoms with Gasteiger partial charge in [0.15, 0.2) is 5.76 Å². The van der Waals surface area contributed by atoms with Crippen molar-refractivity contribution in [2.45, 2.75) is 25.4 Å². The number of hydrogen-bond donors (Lipinski definition) is 1. The number of rotatable bonds is 6. The minimum absolute atomic E-state index is 0.0443. The van der Waals surface area contributed by atoms with E-state index in [9.17, 15) is 9.59 Å². The fourth-order valence-electron chi connectivity index (χ4n) is 3.71. The van der Waals surface area contributed by atoms with Crippen molar-refractivity contribution >= 4 is 22.7 Å². The smallest absolute Gasteiger partial charge is 0.254 e. The molecule has 1 saturated carbocycles. The lowest BCUT2D eigenvalue weighted by atomic mass is 10.0. The van der Waals surface area contributed by atoms with Crippen molar-refractivity contribution in [1.29, 1.82) is 0 Å². The number of nitrogens with zero attached hydrogens (tertiary/aromatic N) is 2. The van der Waals surface area contributed by atoms with Gasteiger partial charge < -0.3 is 14.6 Å². The highest BCUT2D eigenvalue weighted by Gasteiger charge is 2.24. The van der Waals surface area contributed by atoms with E-state index in [2.05, 4.69) is 10.3 Å². The molecule has 2 heterocycles. The van der Waals surface area contributed by atoms with Gasteiger partial charge in [-0.3, -0.25) is 9.59 Å². The summed E-state index contributed by atoms with van der Waals surface area (Å²) in [4.78, 5) is 31.9. The van der Waals surface area contributed by atoms with Gasteiger partial charge in [0.1, 0.15) is 5.69 Å². The van der Waals surface area contributed by atoms with Crippen LogP contribution in [0.4, 0.5) is 0 Å². The van der Waals surface area contributed by atoms with E-state index in [-0.39, 0.29) is 11.8 Å². The van der Waals surface area contributed by atoms with E-state index in [0.29, 0.717) is 35.2 Å². The van der Waals surface area contributed by atoms with Gasteiger partial charge >= 0.3 is 0 Å². The van der Waals surface area contributed by atoms with E-state index in [1.165, 1.54) is 0 Å². The Bertz CT molecular complexity index is 1280. The monoisotopic (exact) mass is 425 g/mol. The van der Waals surface area contributed by atoms with Crippen molar-refractivity contribution in [2.24, 2.45) is 0 Å². The molecule has 0 saturated heterocycles. The second-order valence-electron chi connectivity index (χ2n) is 8.16. The molecule has 0 unspecified atom stereocenters. The van der Waals surface area contributed by atoms with Crippen LogP contribution in [-0.2, 0) is 6.54 Å². The van der Waals surface area contributed by atoms with Crippen molar-refractivity contribution in [2.75, 3.05) is 7.05 Å². The summed E-state index contributed by atoms with van der Waals surface area (Å²) in [7, 11) is 1.78. The van der Waals surface area contributed by atoms with E-state index in [1.54, 1.807) is 30.3 Å². The molecule has 0 spiro atoms. The Morgan fingerprint density at radius 3 is 2.56 bits per heavy atom. The zero-order valence-electron chi connectivity index (χ0n) is 17.7. The SMILES string of the molecule is CN(Cc1ccc(C(=O)NC2CC2)cc1)C(=O)c1cc(-c2ccco2)nc2ccccc12. The molecule has 4 aromatic rings. The van der Waals surface area contributed by atoms with Crippen LogP contribution in [0.3, 0.4) is 0 Å². The number of aromatic nitrogens is 1. The molecule has 160 valence electrons. The van der Waals surface area contributed by atoms with Crippen molar-refractivity contribution in [3.05, 3.63) is 89.7 Å². The molecule has 0 atom stereocenters. The summed E-state index contributed by atoms with van der Waals surface area (Å²) < 4.78 is 5.50. The first-order valence-corrected chi connectivity index (χ1v) is 10.7. The normalized spacial score (nSPS) is 13.2. The number of fused-ring (bicyclic) bond motifs is 1. The summed E-state index contributed by atoms with van der Waals surface area (Å²) in [6, 6.07) is 20.7. The minimum atomic E-state index is -0.105. The average Bonchev–Trinajstić information content (AvgIpc) is 3.45. The maximum Gasteiger partial charge on any atom is 0.254 e. The standard InChI is InChI=1S/C26H23N3O3/c1-29(16-17-8-10-18(11-9-17)25(30)27-19-12-13-19)26(31)21-15-23(24-7-4-14-32-24)28-22-6-3-2-5-20(21)22/h2-11,14-15,19H,12-13,16H2,1H3,(H,27,30). The molecule has 1 N–H and O–H groups in total. The summed E-state index contributed by atoms with van der Waals surface area (Å²) in [5.41, 5.74) is 3.52. The fourth-order valence-corrected chi connectivity index (χ4v) is 3.71. The lowest BCUT2D eigenvalue weighted by molar-refractivity contribution is 0.0786. The lowest BCUT2D eigenvalue weighted by Crippen LogP contribution is -2.27. The van der Waals surface area contributed by atoms with Gasteiger partial charge in [0.2, 0.25) is 0 Å². The summed E-state index contributed by atoms with van der Waals surface area (Å²) in [5, 5.41) is 3.78. The van der Waals surface area contributed by atoms with Crippen LogP contribution in [0.15, 0.2) is 77.4 Å². The van der Waals surface area contributed by atoms with Gasteiger partial charge in [0.05, 0.1) is 17.3 Å². The highest BCUT2D eigenvalue weighted by Crippen LogP contribution is 2.26. The van der Waals surface area contributed by atoms with Crippen LogP contribution in [0, 0.1) is 0 Å². The Hall–Kier alpha value is -3.93. The van der Waals surface area contributed by atoms with Gasteiger partial charge in [0, 0.05) is 30.6 Å². The first-order valence-electron chi connectivity index (χ1n) is 10.7. The average molecular weight is 425 g/mol. The first-order chi connectivity index (χ1) is 15.6. The molecule has 2 amide bonds. The number of nitrogens with one attached hydrogen (secondary N) is 1. The first kappa shape index (κ1) is 20.0. The molecule has 1 aliphatic carbocycles. The van der Waals surface area contributed by atoms with Crippen LogP contribution in [0.2, 0.25) is 0 Å². The number of benzene rings is 2. The molecule has 1 aliphatic rings. The van der Waals surface area contributed by atoms with E-state index in [1.807, 2.05) is 54.6 Å². The Kier molecular flexibility index (Phi) is 5.19. The Morgan fingerprint density at radius 2 is 1.84 bits per heavy atom. The summed E-state index contributed by atoms with van der Waals surface area (Å²) in [6.45, 7) is 0.427. The van der Waals surface area contributed by atoms with Crippen LogP contribution in [-0.4, -0.2) is 34.8 Å². The van der Waals surface area contributed by atoms with Crippen LogP contribution < -0.4 is 5.32 Å². The molecule has 5 rings (SSSR count). The van der Waals surface area contributed by atoms with Gasteiger partial charge in [-0.05, 0) is 54.8 Å². The van der Waals surface area contributed by atoms with Gasteiger partial charge in [-0.25, -0.2) is 4.98 Å². The van der Waals surface area contributed by atoms with Crippen molar-refractivity contribution in [3.8, 4) is 11.5 Å². The maximum atomic E-state index is 13.4. The molecule has 2 aromatic carbocycles. The summed E-state index contributed by atoms with van der Waals surface area (Å²) in [5.74, 6) is 0.469. The molecule has 6 heteroatoms. The number of pyridine rings is 1. The molecule has 6 nitrogen and oxygen atoms in total. The third-order valence-corrected chi connectivity index (χ3v) is 5.62. The number of para-hydroxylation sites is 1. The number of hydrogen-bond acceptors (Lipinski definition) is 4. The summed E-state index contributed by atoms with van der Waals surface area (Å²) >= 11 is 0. The molecule has 0 radical (unpaired) electrons. The van der Waals surface area contributed by atoms with Gasteiger partial charge in [-0.2, -0.15) is 0 Å². The van der Waals surface area contributed by atoms with Gasteiger partial charge in [-0.1, -0.05) is 30.3 Å². The van der Waals surface area contributed by atoms with Gasteiger partial charge in [-0.15, -0.1) is 0 Å². The van der Waals surface area contributed by atoms with E-state index in [4.69, 9.17) is 4.42 Å². The number of carbonyl (C=O) groups excluding carboxylic acids is 2. The van der Waals surface area contributed by atoms with E-state index < -0.39 is 0 Å². The van der Waals surface area contributed by atoms with Gasteiger partial charge in [0.25, 0.3) is 11.8 Å². The second kappa shape index (κ2) is 8.30. The molecular weight excluding hydrogens is 402 g/mol. The van der Waals surface area contributed by atoms with Crippen LogP contribution in [0.5, 0.6) is 0 Å². The van der Waals surface area contributed by atoms with Crippen molar-refractivity contribution in [3.63, 3.8) is 0 Å². The number of carbonyl (C=O) groups is 2. The highest BCUT2D eigenvalue weighted by atomic mass is 16.3. The number of amides is 2. The van der Waals surface area contributed by atoms with Crippen LogP contribution in [0.1, 0.15) is 39.1 Å². The molecule has 1 fully saturated rings. The molecule has 0 aliphatic heterocycles. The van der Waals surface area contributed by atoms with Crippen LogP contribution in [0.25, 0.3) is 22.4 Å². The summed E-state index contributed by atoms with van der Waals surface area (Å²) in [6.07, 6.45) is 3.71. The molecule has 2 aromatic heterocycles. The third-order valence-electron chi connectivity index (χ3n) is 5.62. The van der Waals surface area contributed by atoms with E-state index in [0.717, 1.165) is 29.3 Å². The third kappa shape index (κ3) is 4.12. The predicted octanol–water partition coefficient (Wildman–Crippen LogP) is 4.66. The highest BCUT2D eigenvalue weighted by molar-refractivity contribution is 6.07.